The molecule has 0 aromatic heterocycles. The number of hydrazine groups is 1. The first-order valence-corrected chi connectivity index (χ1v) is 2.92. The minimum absolute atomic E-state index is 0.292. The van der Waals surface area contributed by atoms with Crippen LogP contribution < -0.4 is 11.3 Å². The molecule has 1 fully saturated rings. The Balaban J connectivity index is 2.30. The lowest BCUT2D eigenvalue weighted by Crippen LogP contribution is -2.39. The van der Waals surface area contributed by atoms with Crippen LogP contribution in [0.5, 0.6) is 0 Å². The second-order valence-corrected chi connectivity index (χ2v) is 2.14. The normalized spacial score (nSPS) is 38.2. The molecule has 0 aromatic rings. The largest absolute Gasteiger partial charge is 0.377 e. The Bertz CT molecular complexity index is 76.8. The van der Waals surface area contributed by atoms with Crippen LogP contribution in [0.1, 0.15) is 13.3 Å². The summed E-state index contributed by atoms with van der Waals surface area (Å²) in [4.78, 5) is 0. The zero-order valence-electron chi connectivity index (χ0n) is 5.05. The van der Waals surface area contributed by atoms with Gasteiger partial charge in [0.25, 0.3) is 0 Å². The summed E-state index contributed by atoms with van der Waals surface area (Å²) in [5.41, 5.74) is 2.69. The predicted octanol–water partition coefficient (Wildman–Crippen LogP) is -0.373. The van der Waals surface area contributed by atoms with Crippen molar-refractivity contribution in [1.82, 2.24) is 5.43 Å². The van der Waals surface area contributed by atoms with Crippen LogP contribution in [0, 0.1) is 0 Å². The van der Waals surface area contributed by atoms with Crippen LogP contribution in [0.15, 0.2) is 0 Å². The molecular formula is C5H12N2O. The number of nitrogens with one attached hydrogen (secondary N) is 1. The Labute approximate surface area is 49.2 Å². The summed E-state index contributed by atoms with van der Waals surface area (Å²) in [5, 5.41) is 0. The Kier molecular flexibility index (Phi) is 1.83. The minimum Gasteiger partial charge on any atom is -0.377 e. The molecule has 0 aliphatic carbocycles. The van der Waals surface area contributed by atoms with Gasteiger partial charge in [-0.05, 0) is 13.3 Å². The van der Waals surface area contributed by atoms with E-state index in [4.69, 9.17) is 10.6 Å². The first-order valence-electron chi connectivity index (χ1n) is 2.92. The van der Waals surface area contributed by atoms with Crippen molar-refractivity contribution in [3.05, 3.63) is 0 Å². The summed E-state index contributed by atoms with van der Waals surface area (Å²) in [6.07, 6.45) is 1.33. The summed E-state index contributed by atoms with van der Waals surface area (Å²) in [7, 11) is 0. The third-order valence-electron chi connectivity index (χ3n) is 1.59. The second kappa shape index (κ2) is 2.44. The summed E-state index contributed by atoms with van der Waals surface area (Å²) >= 11 is 0. The molecule has 1 heterocycles. The highest BCUT2D eigenvalue weighted by atomic mass is 16.5. The Morgan fingerprint density at radius 2 is 2.50 bits per heavy atom. The van der Waals surface area contributed by atoms with Crippen molar-refractivity contribution >= 4 is 0 Å². The van der Waals surface area contributed by atoms with Crippen LogP contribution in [0.2, 0.25) is 0 Å². The monoisotopic (exact) mass is 116 g/mol. The highest BCUT2D eigenvalue weighted by molar-refractivity contribution is 4.76. The molecule has 3 heteroatoms. The SMILES string of the molecule is C[C@H]1OCC[C@@H]1NN. The third kappa shape index (κ3) is 0.992. The van der Waals surface area contributed by atoms with E-state index in [1.54, 1.807) is 0 Å². The lowest BCUT2D eigenvalue weighted by molar-refractivity contribution is 0.113. The zero-order valence-corrected chi connectivity index (χ0v) is 5.05. The fourth-order valence-corrected chi connectivity index (χ4v) is 0.951. The van der Waals surface area contributed by atoms with Gasteiger partial charge in [-0.1, -0.05) is 0 Å². The van der Waals surface area contributed by atoms with Gasteiger partial charge < -0.3 is 4.74 Å². The van der Waals surface area contributed by atoms with Crippen molar-refractivity contribution in [2.24, 2.45) is 5.84 Å². The zero-order chi connectivity index (χ0) is 5.98. The van der Waals surface area contributed by atoms with E-state index in [1.807, 2.05) is 6.92 Å². The van der Waals surface area contributed by atoms with Crippen LogP contribution in [0.3, 0.4) is 0 Å². The Morgan fingerprint density at radius 1 is 1.75 bits per heavy atom. The van der Waals surface area contributed by atoms with Gasteiger partial charge in [-0.2, -0.15) is 0 Å². The highest BCUT2D eigenvalue weighted by Gasteiger charge is 2.21. The van der Waals surface area contributed by atoms with Crippen molar-refractivity contribution in [2.45, 2.75) is 25.5 Å². The standard InChI is InChI=1S/C5H12N2O/c1-4-5(7-6)2-3-8-4/h4-5,7H,2-3,6H2,1H3/t4-,5+/m1/s1. The molecule has 0 aromatic carbocycles. The van der Waals surface area contributed by atoms with Crippen LogP contribution in [0.25, 0.3) is 0 Å². The third-order valence-corrected chi connectivity index (χ3v) is 1.59. The molecule has 0 unspecified atom stereocenters. The van der Waals surface area contributed by atoms with Gasteiger partial charge in [0.15, 0.2) is 0 Å². The average Bonchev–Trinajstić information content (AvgIpc) is 2.14. The van der Waals surface area contributed by atoms with Crippen LogP contribution >= 0.6 is 0 Å². The summed E-state index contributed by atoms with van der Waals surface area (Å²) in [5.74, 6) is 5.19. The van der Waals surface area contributed by atoms with Crippen LogP contribution in [0.4, 0.5) is 0 Å². The fourth-order valence-electron chi connectivity index (χ4n) is 0.951. The molecule has 1 aliphatic heterocycles. The molecule has 3 N–H and O–H groups in total. The number of rotatable bonds is 1. The highest BCUT2D eigenvalue weighted by Crippen LogP contribution is 2.10. The van der Waals surface area contributed by atoms with Crippen molar-refractivity contribution in [3.8, 4) is 0 Å². The number of ether oxygens (including phenoxy) is 1. The Hall–Kier alpha value is -0.120. The predicted molar refractivity (Wildman–Crippen MR) is 31.1 cm³/mol. The first kappa shape index (κ1) is 6.01. The maximum atomic E-state index is 5.21. The van der Waals surface area contributed by atoms with Crippen molar-refractivity contribution in [1.29, 1.82) is 0 Å². The van der Waals surface area contributed by atoms with Gasteiger partial charge in [0.2, 0.25) is 0 Å². The smallest absolute Gasteiger partial charge is 0.0714 e. The molecular weight excluding hydrogens is 104 g/mol. The van der Waals surface area contributed by atoms with E-state index in [-0.39, 0.29) is 0 Å². The summed E-state index contributed by atoms with van der Waals surface area (Å²) in [6, 6.07) is 0.370. The Morgan fingerprint density at radius 3 is 2.75 bits per heavy atom. The molecule has 0 spiro atoms. The molecule has 0 amide bonds. The van der Waals surface area contributed by atoms with E-state index in [0.717, 1.165) is 13.0 Å². The fraction of sp³-hybridized carbons (Fsp3) is 1.00. The van der Waals surface area contributed by atoms with Gasteiger partial charge in [0.05, 0.1) is 6.10 Å². The quantitative estimate of drug-likeness (QED) is 0.363. The molecule has 0 radical (unpaired) electrons. The van der Waals surface area contributed by atoms with Crippen molar-refractivity contribution in [3.63, 3.8) is 0 Å². The minimum atomic E-state index is 0.292. The molecule has 1 aliphatic rings. The molecule has 1 saturated heterocycles. The van der Waals surface area contributed by atoms with E-state index >= 15 is 0 Å². The van der Waals surface area contributed by atoms with Gasteiger partial charge in [0, 0.05) is 12.6 Å². The van der Waals surface area contributed by atoms with Gasteiger partial charge in [-0.25, -0.2) is 0 Å². The lowest BCUT2D eigenvalue weighted by atomic mass is 10.2. The van der Waals surface area contributed by atoms with E-state index in [1.165, 1.54) is 0 Å². The van der Waals surface area contributed by atoms with Gasteiger partial charge in [-0.3, -0.25) is 11.3 Å². The van der Waals surface area contributed by atoms with E-state index < -0.39 is 0 Å². The molecule has 48 valence electrons. The number of hydrogen-bond donors (Lipinski definition) is 2. The molecule has 0 bridgehead atoms. The molecule has 8 heavy (non-hydrogen) atoms. The van der Waals surface area contributed by atoms with Crippen LogP contribution in [-0.4, -0.2) is 18.8 Å². The van der Waals surface area contributed by atoms with E-state index in [2.05, 4.69) is 5.43 Å². The van der Waals surface area contributed by atoms with Crippen LogP contribution in [-0.2, 0) is 4.74 Å². The van der Waals surface area contributed by atoms with Crippen molar-refractivity contribution in [2.75, 3.05) is 6.61 Å². The maximum absolute atomic E-state index is 5.21. The molecule has 1 rings (SSSR count). The first-order chi connectivity index (χ1) is 3.84. The summed E-state index contributed by atoms with van der Waals surface area (Å²) in [6.45, 7) is 2.87. The average molecular weight is 116 g/mol. The van der Waals surface area contributed by atoms with E-state index in [0.29, 0.717) is 12.1 Å². The number of nitrogens with two attached hydrogens (primary N) is 1. The topological polar surface area (TPSA) is 47.3 Å². The van der Waals surface area contributed by atoms with Gasteiger partial charge in [-0.15, -0.1) is 0 Å². The molecule has 3 nitrogen and oxygen atoms in total. The lowest BCUT2D eigenvalue weighted by Gasteiger charge is -2.10. The van der Waals surface area contributed by atoms with Gasteiger partial charge >= 0.3 is 0 Å². The maximum Gasteiger partial charge on any atom is 0.0714 e. The number of hydrogen-bond acceptors (Lipinski definition) is 3. The summed E-state index contributed by atoms with van der Waals surface area (Å²) < 4.78 is 5.21. The molecule has 2 atom stereocenters. The molecule has 0 saturated carbocycles. The van der Waals surface area contributed by atoms with E-state index in [9.17, 15) is 0 Å². The second-order valence-electron chi connectivity index (χ2n) is 2.14. The van der Waals surface area contributed by atoms with Crippen molar-refractivity contribution < 1.29 is 4.74 Å². The van der Waals surface area contributed by atoms with Gasteiger partial charge in [0.1, 0.15) is 0 Å².